The molecule has 0 radical (unpaired) electrons. The summed E-state index contributed by atoms with van der Waals surface area (Å²) in [5.41, 5.74) is 0.526. The number of rotatable bonds is 5. The van der Waals surface area contributed by atoms with Crippen LogP contribution in [0.3, 0.4) is 0 Å². The highest BCUT2D eigenvalue weighted by Crippen LogP contribution is 2.20. The van der Waals surface area contributed by atoms with Gasteiger partial charge in [0.15, 0.2) is 0 Å². The number of para-hydroxylation sites is 1. The standard InChI is InChI=1S/C15H12FNOS/c16-13-5-3-6-14(10-13)19-9-8-18-15-7-2-1-4-12(15)11-17/h1-7,10H,8-9H2. The molecular weight excluding hydrogens is 261 g/mol. The second-order valence-corrected chi connectivity index (χ2v) is 4.93. The lowest BCUT2D eigenvalue weighted by molar-refractivity contribution is 0.343. The topological polar surface area (TPSA) is 33.0 Å². The predicted molar refractivity (Wildman–Crippen MR) is 73.8 cm³/mol. The number of halogens is 1. The maximum atomic E-state index is 13.0. The van der Waals surface area contributed by atoms with Crippen molar-refractivity contribution in [2.24, 2.45) is 0 Å². The van der Waals surface area contributed by atoms with E-state index in [0.717, 1.165) is 4.90 Å². The molecule has 0 saturated carbocycles. The third kappa shape index (κ3) is 4.01. The molecule has 19 heavy (non-hydrogen) atoms. The van der Waals surface area contributed by atoms with Crippen LogP contribution in [0.5, 0.6) is 5.75 Å². The van der Waals surface area contributed by atoms with Crippen LogP contribution >= 0.6 is 11.8 Å². The summed E-state index contributed by atoms with van der Waals surface area (Å²) in [5, 5.41) is 8.91. The van der Waals surface area contributed by atoms with Crippen LogP contribution in [-0.4, -0.2) is 12.4 Å². The van der Waals surface area contributed by atoms with E-state index < -0.39 is 0 Å². The molecule has 2 rings (SSSR count). The summed E-state index contributed by atoms with van der Waals surface area (Å²) in [6.07, 6.45) is 0. The molecule has 0 atom stereocenters. The Bertz CT molecular complexity index is 595. The van der Waals surface area contributed by atoms with Gasteiger partial charge >= 0.3 is 0 Å². The summed E-state index contributed by atoms with van der Waals surface area (Å²) in [6, 6.07) is 15.7. The van der Waals surface area contributed by atoms with Crippen molar-refractivity contribution in [3.63, 3.8) is 0 Å². The van der Waals surface area contributed by atoms with Gasteiger partial charge in [-0.05, 0) is 30.3 Å². The summed E-state index contributed by atoms with van der Waals surface area (Å²) >= 11 is 1.52. The second-order valence-electron chi connectivity index (χ2n) is 3.76. The lowest BCUT2D eigenvalue weighted by Crippen LogP contribution is -2.01. The fraction of sp³-hybridized carbons (Fsp3) is 0.133. The molecule has 0 aliphatic rings. The van der Waals surface area contributed by atoms with E-state index in [0.29, 0.717) is 23.7 Å². The van der Waals surface area contributed by atoms with Crippen LogP contribution in [0, 0.1) is 17.1 Å². The summed E-state index contributed by atoms with van der Waals surface area (Å²) in [7, 11) is 0. The minimum absolute atomic E-state index is 0.235. The highest BCUT2D eigenvalue weighted by Gasteiger charge is 2.01. The van der Waals surface area contributed by atoms with E-state index >= 15 is 0 Å². The normalized spacial score (nSPS) is 9.89. The van der Waals surface area contributed by atoms with Crippen molar-refractivity contribution in [1.29, 1.82) is 5.26 Å². The molecule has 2 aromatic carbocycles. The molecule has 0 fully saturated rings. The van der Waals surface area contributed by atoms with Gasteiger partial charge in [-0.25, -0.2) is 4.39 Å². The first-order valence-corrected chi connectivity index (χ1v) is 6.78. The largest absolute Gasteiger partial charge is 0.491 e. The maximum absolute atomic E-state index is 13.0. The molecule has 2 aromatic rings. The number of nitrogens with zero attached hydrogens (tertiary/aromatic N) is 1. The minimum atomic E-state index is -0.235. The Kier molecular flexibility index (Phi) is 4.82. The van der Waals surface area contributed by atoms with E-state index in [1.807, 2.05) is 12.1 Å². The molecule has 0 bridgehead atoms. The molecule has 0 aliphatic heterocycles. The number of benzene rings is 2. The average molecular weight is 273 g/mol. The SMILES string of the molecule is N#Cc1ccccc1OCCSc1cccc(F)c1. The highest BCUT2D eigenvalue weighted by atomic mass is 32.2. The zero-order valence-corrected chi connectivity index (χ0v) is 11.0. The van der Waals surface area contributed by atoms with E-state index in [9.17, 15) is 4.39 Å². The Morgan fingerprint density at radius 1 is 1.16 bits per heavy atom. The fourth-order valence-electron chi connectivity index (χ4n) is 1.55. The van der Waals surface area contributed by atoms with E-state index in [4.69, 9.17) is 10.00 Å². The zero-order chi connectivity index (χ0) is 13.5. The van der Waals surface area contributed by atoms with Crippen molar-refractivity contribution in [2.45, 2.75) is 4.90 Å². The average Bonchev–Trinajstić information content (AvgIpc) is 2.44. The van der Waals surface area contributed by atoms with E-state index in [2.05, 4.69) is 6.07 Å². The van der Waals surface area contributed by atoms with Crippen molar-refractivity contribution >= 4 is 11.8 Å². The summed E-state index contributed by atoms with van der Waals surface area (Å²) in [6.45, 7) is 0.472. The Balaban J connectivity index is 1.83. The Morgan fingerprint density at radius 3 is 2.79 bits per heavy atom. The number of ether oxygens (including phenoxy) is 1. The molecule has 0 heterocycles. The highest BCUT2D eigenvalue weighted by molar-refractivity contribution is 7.99. The quantitative estimate of drug-likeness (QED) is 0.612. The zero-order valence-electron chi connectivity index (χ0n) is 10.2. The van der Waals surface area contributed by atoms with E-state index in [1.54, 1.807) is 24.3 Å². The second kappa shape index (κ2) is 6.81. The van der Waals surface area contributed by atoms with Crippen molar-refractivity contribution in [3.05, 3.63) is 59.9 Å². The third-order valence-electron chi connectivity index (χ3n) is 2.41. The molecule has 0 amide bonds. The van der Waals surface area contributed by atoms with Gasteiger partial charge in [-0.2, -0.15) is 5.26 Å². The smallest absolute Gasteiger partial charge is 0.137 e. The van der Waals surface area contributed by atoms with Crippen LogP contribution in [0.15, 0.2) is 53.4 Å². The molecule has 0 saturated heterocycles. The Hall–Kier alpha value is -1.99. The van der Waals surface area contributed by atoms with Gasteiger partial charge in [0.2, 0.25) is 0 Å². The van der Waals surface area contributed by atoms with Crippen LogP contribution in [0.25, 0.3) is 0 Å². The van der Waals surface area contributed by atoms with Gasteiger partial charge in [-0.3, -0.25) is 0 Å². The van der Waals surface area contributed by atoms with Crippen LogP contribution in [-0.2, 0) is 0 Å². The summed E-state index contributed by atoms with van der Waals surface area (Å²) < 4.78 is 18.5. The maximum Gasteiger partial charge on any atom is 0.137 e. The van der Waals surface area contributed by atoms with Gasteiger partial charge in [-0.1, -0.05) is 18.2 Å². The van der Waals surface area contributed by atoms with Gasteiger partial charge in [0.05, 0.1) is 12.2 Å². The first-order chi connectivity index (χ1) is 9.29. The molecule has 2 nitrogen and oxygen atoms in total. The summed E-state index contributed by atoms with van der Waals surface area (Å²) in [5.74, 6) is 1.05. The predicted octanol–water partition coefficient (Wildman–Crippen LogP) is 3.87. The van der Waals surface area contributed by atoms with Crippen molar-refractivity contribution < 1.29 is 9.13 Å². The van der Waals surface area contributed by atoms with Crippen molar-refractivity contribution in [3.8, 4) is 11.8 Å². The van der Waals surface area contributed by atoms with Gasteiger partial charge in [0.25, 0.3) is 0 Å². The first-order valence-electron chi connectivity index (χ1n) is 5.80. The van der Waals surface area contributed by atoms with Gasteiger partial charge in [0.1, 0.15) is 17.6 Å². The van der Waals surface area contributed by atoms with Crippen molar-refractivity contribution in [2.75, 3.05) is 12.4 Å². The van der Waals surface area contributed by atoms with Crippen LogP contribution in [0.4, 0.5) is 4.39 Å². The van der Waals surface area contributed by atoms with E-state index in [-0.39, 0.29) is 5.82 Å². The molecule has 0 aliphatic carbocycles. The Morgan fingerprint density at radius 2 is 2.00 bits per heavy atom. The van der Waals surface area contributed by atoms with Gasteiger partial charge in [0, 0.05) is 10.6 Å². The molecule has 4 heteroatoms. The number of hydrogen-bond donors (Lipinski definition) is 0. The summed E-state index contributed by atoms with van der Waals surface area (Å²) in [4.78, 5) is 0.872. The van der Waals surface area contributed by atoms with Crippen LogP contribution in [0.2, 0.25) is 0 Å². The molecule has 0 aromatic heterocycles. The fourth-order valence-corrected chi connectivity index (χ4v) is 2.33. The van der Waals surface area contributed by atoms with Gasteiger partial charge in [-0.15, -0.1) is 11.8 Å². The lowest BCUT2D eigenvalue weighted by Gasteiger charge is -2.07. The van der Waals surface area contributed by atoms with Crippen molar-refractivity contribution in [1.82, 2.24) is 0 Å². The molecule has 0 unspecified atom stereocenters. The molecular formula is C15H12FNOS. The number of hydrogen-bond acceptors (Lipinski definition) is 3. The lowest BCUT2D eigenvalue weighted by atomic mass is 10.2. The van der Waals surface area contributed by atoms with Crippen LogP contribution < -0.4 is 4.74 Å². The molecule has 96 valence electrons. The minimum Gasteiger partial charge on any atom is -0.491 e. The first kappa shape index (κ1) is 13.4. The third-order valence-corrected chi connectivity index (χ3v) is 3.37. The van der Waals surface area contributed by atoms with Gasteiger partial charge < -0.3 is 4.74 Å². The number of thioether (sulfide) groups is 1. The molecule has 0 spiro atoms. The monoisotopic (exact) mass is 273 g/mol. The van der Waals surface area contributed by atoms with E-state index in [1.165, 1.54) is 23.9 Å². The Labute approximate surface area is 115 Å². The number of nitriles is 1. The van der Waals surface area contributed by atoms with Crippen LogP contribution in [0.1, 0.15) is 5.56 Å². The molecule has 0 N–H and O–H groups in total.